The van der Waals surface area contributed by atoms with Crippen molar-refractivity contribution < 1.29 is 17.6 Å². The molecule has 1 saturated carbocycles. The van der Waals surface area contributed by atoms with E-state index in [1.165, 1.54) is 18.2 Å². The quantitative estimate of drug-likeness (QED) is 0.604. The third-order valence-corrected chi connectivity index (χ3v) is 5.37. The first kappa shape index (κ1) is 18.9. The number of primary sulfonamides is 1. The van der Waals surface area contributed by atoms with Gasteiger partial charge in [0.05, 0.1) is 4.90 Å². The second-order valence-electron chi connectivity index (χ2n) is 6.40. The summed E-state index contributed by atoms with van der Waals surface area (Å²) in [6, 6.07) is 11.3. The monoisotopic (exact) mass is 385 g/mol. The molecular weight excluding hydrogens is 366 g/mol. The summed E-state index contributed by atoms with van der Waals surface area (Å²) < 4.78 is 28.3. The predicted octanol–water partition coefficient (Wildman–Crippen LogP) is 2.56. The fourth-order valence-corrected chi connectivity index (χ4v) is 3.53. The van der Waals surface area contributed by atoms with Gasteiger partial charge in [-0.25, -0.2) is 13.6 Å². The normalized spacial score (nSPS) is 15.5. The number of carbonyl (C=O) groups is 1. The number of hydrogen-bond donors (Lipinski definition) is 2. The summed E-state index contributed by atoms with van der Waals surface area (Å²) in [5.41, 5.74) is 0.628. The van der Waals surface area contributed by atoms with Gasteiger partial charge in [-0.2, -0.15) is 5.26 Å². The van der Waals surface area contributed by atoms with Gasteiger partial charge in [0.1, 0.15) is 23.2 Å². The zero-order valence-corrected chi connectivity index (χ0v) is 15.3. The fourth-order valence-electron chi connectivity index (χ4n) is 3.02. The van der Waals surface area contributed by atoms with Crippen molar-refractivity contribution in [1.29, 1.82) is 5.26 Å². The van der Waals surface area contributed by atoms with Crippen LogP contribution in [0, 0.1) is 11.3 Å². The van der Waals surface area contributed by atoms with E-state index in [2.05, 4.69) is 5.32 Å². The van der Waals surface area contributed by atoms with Gasteiger partial charge in [0.25, 0.3) is 5.91 Å². The number of hydrogen-bond acceptors (Lipinski definition) is 5. The van der Waals surface area contributed by atoms with Crippen LogP contribution in [0.25, 0.3) is 17.4 Å². The molecule has 0 radical (unpaired) electrons. The number of benzene rings is 1. The van der Waals surface area contributed by atoms with E-state index in [1.54, 1.807) is 24.3 Å². The minimum atomic E-state index is -3.76. The van der Waals surface area contributed by atoms with Gasteiger partial charge in [-0.3, -0.25) is 4.79 Å². The fraction of sp³-hybridized carbons (Fsp3) is 0.263. The molecule has 0 bridgehead atoms. The van der Waals surface area contributed by atoms with E-state index in [0.29, 0.717) is 17.1 Å². The molecule has 0 aliphatic heterocycles. The van der Waals surface area contributed by atoms with Gasteiger partial charge in [0, 0.05) is 17.7 Å². The minimum absolute atomic E-state index is 0.00766. The molecule has 1 amide bonds. The van der Waals surface area contributed by atoms with Crippen molar-refractivity contribution in [2.24, 2.45) is 5.14 Å². The molecular formula is C19H19N3O4S. The first-order valence-electron chi connectivity index (χ1n) is 8.52. The largest absolute Gasteiger partial charge is 0.457 e. The van der Waals surface area contributed by atoms with Crippen LogP contribution >= 0.6 is 0 Å². The molecule has 1 aromatic heterocycles. The lowest BCUT2D eigenvalue weighted by atomic mass is 10.2. The number of sulfonamides is 1. The summed E-state index contributed by atoms with van der Waals surface area (Å²) in [4.78, 5) is 12.2. The molecule has 0 spiro atoms. The Hall–Kier alpha value is -2.89. The lowest BCUT2D eigenvalue weighted by Crippen LogP contribution is -2.33. The first-order valence-corrected chi connectivity index (χ1v) is 10.1. The molecule has 2 aromatic rings. The van der Waals surface area contributed by atoms with E-state index in [-0.39, 0.29) is 16.5 Å². The van der Waals surface area contributed by atoms with Gasteiger partial charge in [-0.05, 0) is 49.2 Å². The van der Waals surface area contributed by atoms with E-state index >= 15 is 0 Å². The van der Waals surface area contributed by atoms with Crippen LogP contribution in [-0.2, 0) is 14.8 Å². The molecule has 0 atom stereocenters. The Bertz CT molecular complexity index is 1010. The van der Waals surface area contributed by atoms with Crippen LogP contribution in [0.2, 0.25) is 0 Å². The average molecular weight is 385 g/mol. The SMILES string of the molecule is N#CC(=Cc1ccc(-c2ccc(S(N)(=O)=O)cc2)o1)C(=O)NC1CCCC1. The maximum atomic E-state index is 12.2. The van der Waals surface area contributed by atoms with Crippen molar-refractivity contribution in [1.82, 2.24) is 5.32 Å². The second-order valence-corrected chi connectivity index (χ2v) is 7.96. The van der Waals surface area contributed by atoms with Gasteiger partial charge in [-0.1, -0.05) is 12.8 Å². The number of nitriles is 1. The second kappa shape index (κ2) is 7.78. The Morgan fingerprint density at radius 3 is 2.44 bits per heavy atom. The number of nitrogens with two attached hydrogens (primary N) is 1. The van der Waals surface area contributed by atoms with E-state index < -0.39 is 15.9 Å². The van der Waals surface area contributed by atoms with Crippen LogP contribution < -0.4 is 10.5 Å². The van der Waals surface area contributed by atoms with Gasteiger partial charge in [0.15, 0.2) is 0 Å². The summed E-state index contributed by atoms with van der Waals surface area (Å²) in [5, 5.41) is 17.2. The summed E-state index contributed by atoms with van der Waals surface area (Å²) in [6.45, 7) is 0. The Morgan fingerprint density at radius 2 is 1.85 bits per heavy atom. The van der Waals surface area contributed by atoms with Crippen molar-refractivity contribution in [3.05, 3.63) is 47.7 Å². The van der Waals surface area contributed by atoms with Crippen LogP contribution in [-0.4, -0.2) is 20.4 Å². The molecule has 1 fully saturated rings. The number of nitrogens with zero attached hydrogens (tertiary/aromatic N) is 1. The highest BCUT2D eigenvalue weighted by Gasteiger charge is 2.19. The Balaban J connectivity index is 1.76. The number of rotatable bonds is 5. The highest BCUT2D eigenvalue weighted by Crippen LogP contribution is 2.25. The summed E-state index contributed by atoms with van der Waals surface area (Å²) in [6.07, 6.45) is 5.44. The van der Waals surface area contributed by atoms with Gasteiger partial charge in [0.2, 0.25) is 10.0 Å². The molecule has 0 saturated heterocycles. The molecule has 27 heavy (non-hydrogen) atoms. The van der Waals surface area contributed by atoms with Crippen molar-refractivity contribution in [2.75, 3.05) is 0 Å². The number of furan rings is 1. The summed E-state index contributed by atoms with van der Waals surface area (Å²) in [7, 11) is -3.76. The van der Waals surface area contributed by atoms with Crippen molar-refractivity contribution in [3.63, 3.8) is 0 Å². The van der Waals surface area contributed by atoms with E-state index in [9.17, 15) is 18.5 Å². The molecule has 3 rings (SSSR count). The molecule has 140 valence electrons. The third-order valence-electron chi connectivity index (χ3n) is 4.44. The molecule has 7 nitrogen and oxygen atoms in total. The van der Waals surface area contributed by atoms with Crippen molar-refractivity contribution in [3.8, 4) is 17.4 Å². The van der Waals surface area contributed by atoms with Crippen molar-refractivity contribution >= 4 is 22.0 Å². The number of nitrogens with one attached hydrogen (secondary N) is 1. The summed E-state index contributed by atoms with van der Waals surface area (Å²) >= 11 is 0. The molecule has 8 heteroatoms. The van der Waals surface area contributed by atoms with Crippen LogP contribution in [0.1, 0.15) is 31.4 Å². The molecule has 3 N–H and O–H groups in total. The van der Waals surface area contributed by atoms with Crippen LogP contribution in [0.5, 0.6) is 0 Å². The van der Waals surface area contributed by atoms with Crippen LogP contribution in [0.4, 0.5) is 0 Å². The topological polar surface area (TPSA) is 126 Å². The highest BCUT2D eigenvalue weighted by molar-refractivity contribution is 7.89. The smallest absolute Gasteiger partial charge is 0.262 e. The van der Waals surface area contributed by atoms with Crippen LogP contribution in [0.3, 0.4) is 0 Å². The molecule has 0 unspecified atom stereocenters. The number of amides is 1. The Morgan fingerprint density at radius 1 is 1.19 bits per heavy atom. The van der Waals surface area contributed by atoms with Gasteiger partial charge >= 0.3 is 0 Å². The maximum Gasteiger partial charge on any atom is 0.262 e. The maximum absolute atomic E-state index is 12.2. The molecule has 1 aromatic carbocycles. The van der Waals surface area contributed by atoms with E-state index in [4.69, 9.17) is 9.56 Å². The minimum Gasteiger partial charge on any atom is -0.457 e. The lowest BCUT2D eigenvalue weighted by molar-refractivity contribution is -0.117. The standard InChI is InChI=1S/C19H19N3O4S/c20-12-14(19(23)22-15-3-1-2-4-15)11-16-7-10-18(26-16)13-5-8-17(9-6-13)27(21,24)25/h5-11,15H,1-4H2,(H,22,23)(H2,21,24,25). The molecule has 1 aliphatic rings. The van der Waals surface area contributed by atoms with Gasteiger partial charge in [-0.15, -0.1) is 0 Å². The number of carbonyl (C=O) groups excluding carboxylic acids is 1. The Labute approximate surface area is 157 Å². The predicted molar refractivity (Wildman–Crippen MR) is 99.5 cm³/mol. The zero-order valence-electron chi connectivity index (χ0n) is 14.5. The molecule has 1 aliphatic carbocycles. The molecule has 1 heterocycles. The van der Waals surface area contributed by atoms with E-state index in [1.807, 2.05) is 6.07 Å². The van der Waals surface area contributed by atoms with E-state index in [0.717, 1.165) is 25.7 Å². The Kier molecular flexibility index (Phi) is 5.44. The zero-order chi connectivity index (χ0) is 19.4. The van der Waals surface area contributed by atoms with Crippen molar-refractivity contribution in [2.45, 2.75) is 36.6 Å². The highest BCUT2D eigenvalue weighted by atomic mass is 32.2. The van der Waals surface area contributed by atoms with Crippen LogP contribution in [0.15, 0.2) is 51.3 Å². The third kappa shape index (κ3) is 4.64. The summed E-state index contributed by atoms with van der Waals surface area (Å²) in [5.74, 6) is 0.439. The lowest BCUT2D eigenvalue weighted by Gasteiger charge is -2.10. The average Bonchev–Trinajstić information content (AvgIpc) is 3.30. The first-order chi connectivity index (χ1) is 12.9. The van der Waals surface area contributed by atoms with Gasteiger partial charge < -0.3 is 9.73 Å².